The summed E-state index contributed by atoms with van der Waals surface area (Å²) in [6.45, 7) is 10.4. The van der Waals surface area contributed by atoms with E-state index in [9.17, 15) is 4.79 Å². The van der Waals surface area contributed by atoms with Gasteiger partial charge in [-0.05, 0) is 35.9 Å². The largest absolute Gasteiger partial charge is 0.440 e. The first-order valence-corrected chi connectivity index (χ1v) is 10.4. The summed E-state index contributed by atoms with van der Waals surface area (Å²) in [7, 11) is 1.85. The van der Waals surface area contributed by atoms with Gasteiger partial charge in [0.15, 0.2) is 6.10 Å². The van der Waals surface area contributed by atoms with Gasteiger partial charge in [0.25, 0.3) is 0 Å². The molecule has 0 radical (unpaired) electrons. The maximum absolute atomic E-state index is 12.8. The normalized spacial score (nSPS) is 27.9. The van der Waals surface area contributed by atoms with Crippen LogP contribution in [0.5, 0.6) is 0 Å². The number of thiophene rings is 1. The number of aryl methyl sites for hydroxylation is 1. The molecule has 0 aromatic carbocycles. The number of anilines is 1. The highest BCUT2D eigenvalue weighted by atomic mass is 32.1. The molecule has 0 N–H and O–H groups in total. The maximum atomic E-state index is 12.8. The molecular weight excluding hydrogens is 332 g/mol. The second-order valence-corrected chi connectivity index (χ2v) is 8.51. The van der Waals surface area contributed by atoms with E-state index in [1.807, 2.05) is 13.1 Å². The van der Waals surface area contributed by atoms with Gasteiger partial charge in [0, 0.05) is 25.8 Å². The Bertz CT molecular complexity index is 605. The summed E-state index contributed by atoms with van der Waals surface area (Å²) in [5.74, 6) is 0.532. The van der Waals surface area contributed by atoms with Crippen LogP contribution in [-0.4, -0.2) is 49.9 Å². The van der Waals surface area contributed by atoms with Crippen molar-refractivity contribution in [3.05, 3.63) is 29.7 Å². The third kappa shape index (κ3) is 3.93. The fourth-order valence-electron chi connectivity index (χ4n) is 4.36. The van der Waals surface area contributed by atoms with Gasteiger partial charge in [-0.25, -0.2) is 4.79 Å². The van der Waals surface area contributed by atoms with Gasteiger partial charge in [0.05, 0.1) is 19.6 Å². The zero-order valence-corrected chi connectivity index (χ0v) is 16.4. The van der Waals surface area contributed by atoms with Crippen molar-refractivity contribution in [2.24, 2.45) is 5.92 Å². The number of nitrogens with zero attached hydrogens (tertiary/aromatic N) is 2. The Labute approximate surface area is 155 Å². The van der Waals surface area contributed by atoms with Gasteiger partial charge in [-0.15, -0.1) is 11.3 Å². The Morgan fingerprint density at radius 3 is 2.92 bits per heavy atom. The summed E-state index contributed by atoms with van der Waals surface area (Å²) < 4.78 is 7.03. The molecule has 1 amide bonds. The molecule has 0 saturated carbocycles. The van der Waals surface area contributed by atoms with E-state index >= 15 is 0 Å². The number of carbonyl (C=O) groups is 1. The third-order valence-electron chi connectivity index (χ3n) is 5.91. The van der Waals surface area contributed by atoms with Crippen molar-refractivity contribution in [3.63, 3.8) is 0 Å². The number of hydrogen-bond donors (Lipinski definition) is 0. The third-order valence-corrected chi connectivity index (χ3v) is 6.94. The van der Waals surface area contributed by atoms with Crippen molar-refractivity contribution < 1.29 is 14.0 Å². The van der Waals surface area contributed by atoms with Crippen LogP contribution in [0.15, 0.2) is 24.1 Å². The zero-order valence-electron chi connectivity index (χ0n) is 15.6. The molecular formula is C20H31N2O2S+. The van der Waals surface area contributed by atoms with Crippen LogP contribution in [0.4, 0.5) is 9.80 Å². The molecule has 3 saturated heterocycles. The molecule has 3 fully saturated rings. The highest BCUT2D eigenvalue weighted by Crippen LogP contribution is 2.36. The number of quaternary nitrogens is 1. The molecule has 4 heterocycles. The van der Waals surface area contributed by atoms with Crippen LogP contribution in [0.2, 0.25) is 0 Å². The number of unbranched alkanes of at least 4 members (excludes halogenated alkanes) is 1. The molecule has 1 aromatic rings. The van der Waals surface area contributed by atoms with Crippen molar-refractivity contribution in [1.82, 2.24) is 0 Å². The second-order valence-electron chi connectivity index (χ2n) is 7.62. The van der Waals surface area contributed by atoms with E-state index in [4.69, 9.17) is 4.74 Å². The number of hydrogen-bond acceptors (Lipinski definition) is 3. The molecule has 3 aliphatic heterocycles. The molecule has 3 aliphatic rings. The second kappa shape index (κ2) is 7.92. The number of carbonyl (C=O) groups excluding carboxylic acids is 1. The number of rotatable bonds is 7. The highest BCUT2D eigenvalue weighted by molar-refractivity contribution is 7.14. The monoisotopic (exact) mass is 363 g/mol. The SMILES string of the molecule is C=CC[N+]12CCC(CC1)[C@@H](OC(=O)N(C)c1sccc1CCCC)C2. The topological polar surface area (TPSA) is 29.5 Å². The van der Waals surface area contributed by atoms with Crippen LogP contribution in [0.3, 0.4) is 0 Å². The summed E-state index contributed by atoms with van der Waals surface area (Å²) in [5, 5.41) is 3.11. The van der Waals surface area contributed by atoms with Crippen molar-refractivity contribution in [3.8, 4) is 0 Å². The molecule has 5 heteroatoms. The average Bonchev–Trinajstić information content (AvgIpc) is 3.08. The van der Waals surface area contributed by atoms with E-state index in [0.29, 0.717) is 5.92 Å². The van der Waals surface area contributed by atoms with Gasteiger partial charge in [0.1, 0.15) is 11.5 Å². The predicted molar refractivity (Wildman–Crippen MR) is 104 cm³/mol. The van der Waals surface area contributed by atoms with E-state index in [1.54, 1.807) is 16.2 Å². The van der Waals surface area contributed by atoms with Crippen molar-refractivity contribution in [2.45, 2.75) is 45.1 Å². The Hall–Kier alpha value is -1.33. The van der Waals surface area contributed by atoms with Crippen molar-refractivity contribution in [1.29, 1.82) is 0 Å². The lowest BCUT2D eigenvalue weighted by molar-refractivity contribution is -0.941. The quantitative estimate of drug-likeness (QED) is 0.529. The smallest absolute Gasteiger partial charge is 0.415 e. The molecule has 4 rings (SSSR count). The highest BCUT2D eigenvalue weighted by Gasteiger charge is 2.47. The molecule has 0 unspecified atom stereocenters. The lowest BCUT2D eigenvalue weighted by Gasteiger charge is -2.51. The molecule has 138 valence electrons. The standard InChI is InChI=1S/C20H31N2O2S/c1-4-6-7-17-10-14-25-19(17)21(3)20(23)24-18-15-22(11-5-2)12-8-16(18)9-13-22/h5,10,14,16,18H,2,4,6-9,11-13,15H2,1,3H3/q+1/t16?,18-,22?/m0/s1. The molecule has 1 atom stereocenters. The van der Waals surface area contributed by atoms with Gasteiger partial charge in [-0.1, -0.05) is 19.9 Å². The van der Waals surface area contributed by atoms with Gasteiger partial charge >= 0.3 is 6.09 Å². The first-order chi connectivity index (χ1) is 12.1. The minimum Gasteiger partial charge on any atom is -0.440 e. The van der Waals surface area contributed by atoms with Crippen LogP contribution >= 0.6 is 11.3 Å². The lowest BCUT2D eigenvalue weighted by Crippen LogP contribution is -2.64. The van der Waals surface area contributed by atoms with Crippen LogP contribution in [0, 0.1) is 5.92 Å². The number of amides is 1. The van der Waals surface area contributed by atoms with Gasteiger partial charge in [-0.3, -0.25) is 4.90 Å². The summed E-state index contributed by atoms with van der Waals surface area (Å²) in [5.41, 5.74) is 1.26. The Morgan fingerprint density at radius 2 is 2.24 bits per heavy atom. The van der Waals surface area contributed by atoms with Gasteiger partial charge in [0.2, 0.25) is 0 Å². The fourth-order valence-corrected chi connectivity index (χ4v) is 5.27. The Balaban J connectivity index is 1.64. The van der Waals surface area contributed by atoms with Gasteiger partial charge in [-0.2, -0.15) is 0 Å². The van der Waals surface area contributed by atoms with E-state index < -0.39 is 0 Å². The first-order valence-electron chi connectivity index (χ1n) is 9.55. The summed E-state index contributed by atoms with van der Waals surface area (Å²) in [4.78, 5) is 14.5. The van der Waals surface area contributed by atoms with E-state index in [1.165, 1.54) is 18.7 Å². The van der Waals surface area contributed by atoms with Crippen LogP contribution < -0.4 is 4.90 Å². The number of fused-ring (bicyclic) bond motifs is 3. The summed E-state index contributed by atoms with van der Waals surface area (Å²) in [6.07, 6.45) is 7.54. The van der Waals surface area contributed by atoms with E-state index in [2.05, 4.69) is 24.9 Å². The van der Waals surface area contributed by atoms with Crippen LogP contribution in [0.1, 0.15) is 38.2 Å². The van der Waals surface area contributed by atoms with E-state index in [0.717, 1.165) is 54.7 Å². The number of piperidine rings is 3. The maximum Gasteiger partial charge on any atom is 0.415 e. The van der Waals surface area contributed by atoms with Crippen LogP contribution in [0.25, 0.3) is 0 Å². The Morgan fingerprint density at radius 1 is 1.48 bits per heavy atom. The van der Waals surface area contributed by atoms with Crippen molar-refractivity contribution >= 4 is 22.4 Å². The van der Waals surface area contributed by atoms with Crippen molar-refractivity contribution in [2.75, 3.05) is 38.1 Å². The minimum atomic E-state index is -0.198. The van der Waals surface area contributed by atoms with Crippen LogP contribution in [-0.2, 0) is 11.2 Å². The summed E-state index contributed by atoms with van der Waals surface area (Å²) >= 11 is 1.63. The molecule has 2 bridgehead atoms. The minimum absolute atomic E-state index is 0.0523. The fraction of sp³-hybridized carbons (Fsp3) is 0.650. The molecule has 25 heavy (non-hydrogen) atoms. The molecule has 1 aromatic heterocycles. The molecule has 0 aliphatic carbocycles. The summed E-state index contributed by atoms with van der Waals surface area (Å²) in [6, 6.07) is 2.14. The molecule has 4 nitrogen and oxygen atoms in total. The first kappa shape index (κ1) is 18.5. The Kier molecular flexibility index (Phi) is 5.85. The molecule has 0 spiro atoms. The van der Waals surface area contributed by atoms with Gasteiger partial charge < -0.3 is 9.22 Å². The average molecular weight is 364 g/mol. The predicted octanol–water partition coefficient (Wildman–Crippen LogP) is 4.46. The lowest BCUT2D eigenvalue weighted by atomic mass is 9.83. The van der Waals surface area contributed by atoms with E-state index in [-0.39, 0.29) is 12.2 Å². The number of ether oxygens (including phenoxy) is 1. The zero-order chi connectivity index (χ0) is 17.9.